The standard InChI is InChI=1S/C19H17N3O3/c23-19(17-13-24-15-8-4-5-9-16(15)25-17)21-18-10-11-20-22(18)12-14-6-2-1-3-7-14/h1-11,17H,12-13H2,(H,21,23). The normalized spacial score (nSPS) is 15.6. The molecule has 1 atom stereocenters. The first-order valence-electron chi connectivity index (χ1n) is 8.05. The van der Waals surface area contributed by atoms with Crippen LogP contribution >= 0.6 is 0 Å². The second-order valence-electron chi connectivity index (χ2n) is 5.71. The highest BCUT2D eigenvalue weighted by atomic mass is 16.6. The van der Waals surface area contributed by atoms with Crippen molar-refractivity contribution < 1.29 is 14.3 Å². The van der Waals surface area contributed by atoms with Crippen LogP contribution in [0.25, 0.3) is 0 Å². The molecular formula is C19H17N3O3. The number of aromatic nitrogens is 2. The third kappa shape index (κ3) is 3.33. The second-order valence-corrected chi connectivity index (χ2v) is 5.71. The van der Waals surface area contributed by atoms with E-state index in [1.807, 2.05) is 48.5 Å². The molecule has 1 N–H and O–H groups in total. The number of carbonyl (C=O) groups excluding carboxylic acids is 1. The SMILES string of the molecule is O=C(Nc1ccnn1Cc1ccccc1)C1COc2ccccc2O1. The van der Waals surface area contributed by atoms with Gasteiger partial charge >= 0.3 is 0 Å². The molecule has 4 rings (SSSR count). The third-order valence-corrected chi connectivity index (χ3v) is 3.94. The molecule has 6 nitrogen and oxygen atoms in total. The van der Waals surface area contributed by atoms with Gasteiger partial charge in [0.1, 0.15) is 12.4 Å². The largest absolute Gasteiger partial charge is 0.485 e. The molecule has 1 amide bonds. The van der Waals surface area contributed by atoms with E-state index in [0.717, 1.165) is 5.56 Å². The number of hydrogen-bond donors (Lipinski definition) is 1. The number of benzene rings is 2. The molecule has 3 aromatic rings. The maximum Gasteiger partial charge on any atom is 0.270 e. The molecule has 0 bridgehead atoms. The molecule has 126 valence electrons. The summed E-state index contributed by atoms with van der Waals surface area (Å²) >= 11 is 0. The molecule has 6 heteroatoms. The van der Waals surface area contributed by atoms with Gasteiger partial charge in [-0.05, 0) is 17.7 Å². The van der Waals surface area contributed by atoms with Crippen LogP contribution < -0.4 is 14.8 Å². The summed E-state index contributed by atoms with van der Waals surface area (Å²) < 4.78 is 13.1. The van der Waals surface area contributed by atoms with E-state index >= 15 is 0 Å². The topological polar surface area (TPSA) is 65.4 Å². The molecule has 25 heavy (non-hydrogen) atoms. The van der Waals surface area contributed by atoms with Gasteiger partial charge in [0.25, 0.3) is 5.91 Å². The van der Waals surface area contributed by atoms with Gasteiger partial charge in [-0.15, -0.1) is 0 Å². The lowest BCUT2D eigenvalue weighted by Gasteiger charge is -2.25. The summed E-state index contributed by atoms with van der Waals surface area (Å²) in [6.07, 6.45) is 0.960. The van der Waals surface area contributed by atoms with Gasteiger partial charge in [-0.2, -0.15) is 5.10 Å². The zero-order chi connectivity index (χ0) is 17.1. The number of nitrogens with one attached hydrogen (secondary N) is 1. The highest BCUT2D eigenvalue weighted by Gasteiger charge is 2.27. The number of hydrogen-bond acceptors (Lipinski definition) is 4. The third-order valence-electron chi connectivity index (χ3n) is 3.94. The monoisotopic (exact) mass is 335 g/mol. The van der Waals surface area contributed by atoms with Gasteiger partial charge in [0.05, 0.1) is 12.7 Å². The first-order chi connectivity index (χ1) is 12.3. The second kappa shape index (κ2) is 6.68. The molecule has 1 unspecified atom stereocenters. The van der Waals surface area contributed by atoms with Crippen molar-refractivity contribution in [2.45, 2.75) is 12.6 Å². The minimum absolute atomic E-state index is 0.176. The predicted molar refractivity (Wildman–Crippen MR) is 92.8 cm³/mol. The Morgan fingerprint density at radius 2 is 1.84 bits per heavy atom. The Balaban J connectivity index is 1.45. The van der Waals surface area contributed by atoms with Gasteiger partial charge in [0.15, 0.2) is 11.5 Å². The van der Waals surface area contributed by atoms with E-state index < -0.39 is 6.10 Å². The summed E-state index contributed by atoms with van der Waals surface area (Å²) in [5.74, 6) is 1.59. The van der Waals surface area contributed by atoms with Crippen molar-refractivity contribution >= 4 is 11.7 Å². The van der Waals surface area contributed by atoms with E-state index in [2.05, 4.69) is 10.4 Å². The average Bonchev–Trinajstić information content (AvgIpc) is 3.08. The Morgan fingerprint density at radius 1 is 1.08 bits per heavy atom. The highest BCUT2D eigenvalue weighted by molar-refractivity contribution is 5.94. The van der Waals surface area contributed by atoms with E-state index in [-0.39, 0.29) is 12.5 Å². The van der Waals surface area contributed by atoms with Gasteiger partial charge in [0, 0.05) is 6.07 Å². The van der Waals surface area contributed by atoms with Crippen LogP contribution in [0.15, 0.2) is 66.9 Å². The number of carbonyl (C=O) groups is 1. The van der Waals surface area contributed by atoms with Crippen molar-refractivity contribution in [2.24, 2.45) is 0 Å². The first kappa shape index (κ1) is 15.3. The van der Waals surface area contributed by atoms with Gasteiger partial charge in [-0.1, -0.05) is 42.5 Å². The molecule has 0 saturated heterocycles. The Morgan fingerprint density at radius 3 is 2.68 bits per heavy atom. The number of amides is 1. The van der Waals surface area contributed by atoms with Crippen LogP contribution in [0.5, 0.6) is 11.5 Å². The highest BCUT2D eigenvalue weighted by Crippen LogP contribution is 2.31. The summed E-state index contributed by atoms with van der Waals surface area (Å²) in [7, 11) is 0. The Bertz CT molecular complexity index is 876. The van der Waals surface area contributed by atoms with Crippen molar-refractivity contribution in [1.29, 1.82) is 0 Å². The zero-order valence-electron chi connectivity index (χ0n) is 13.5. The maximum atomic E-state index is 12.5. The van der Waals surface area contributed by atoms with Crippen molar-refractivity contribution in [3.63, 3.8) is 0 Å². The molecule has 2 heterocycles. The van der Waals surface area contributed by atoms with Crippen molar-refractivity contribution in [3.05, 3.63) is 72.4 Å². The fourth-order valence-corrected chi connectivity index (χ4v) is 2.68. The van der Waals surface area contributed by atoms with Crippen LogP contribution in [-0.4, -0.2) is 28.4 Å². The van der Waals surface area contributed by atoms with Crippen molar-refractivity contribution in [2.75, 3.05) is 11.9 Å². The number of ether oxygens (including phenoxy) is 2. The van der Waals surface area contributed by atoms with Crippen LogP contribution in [0.4, 0.5) is 5.82 Å². The van der Waals surface area contributed by atoms with E-state index in [9.17, 15) is 4.79 Å². The summed E-state index contributed by atoms with van der Waals surface area (Å²) in [6, 6.07) is 19.0. The minimum Gasteiger partial charge on any atom is -0.485 e. The van der Waals surface area contributed by atoms with E-state index in [4.69, 9.17) is 9.47 Å². The molecule has 2 aromatic carbocycles. The van der Waals surface area contributed by atoms with Gasteiger partial charge in [0.2, 0.25) is 6.10 Å². The van der Waals surface area contributed by atoms with Gasteiger partial charge < -0.3 is 14.8 Å². The van der Waals surface area contributed by atoms with E-state index in [0.29, 0.717) is 23.9 Å². The molecule has 0 spiro atoms. The fourth-order valence-electron chi connectivity index (χ4n) is 2.68. The van der Waals surface area contributed by atoms with Crippen LogP contribution in [0.3, 0.4) is 0 Å². The number of para-hydroxylation sites is 2. The van der Waals surface area contributed by atoms with Crippen molar-refractivity contribution in [3.8, 4) is 11.5 Å². The fraction of sp³-hybridized carbons (Fsp3) is 0.158. The molecule has 0 saturated carbocycles. The average molecular weight is 335 g/mol. The maximum absolute atomic E-state index is 12.5. The smallest absolute Gasteiger partial charge is 0.270 e. The van der Waals surface area contributed by atoms with Gasteiger partial charge in [-0.25, -0.2) is 4.68 Å². The van der Waals surface area contributed by atoms with Crippen LogP contribution in [0.1, 0.15) is 5.56 Å². The molecule has 0 fully saturated rings. The predicted octanol–water partition coefficient (Wildman–Crippen LogP) is 2.71. The Labute approximate surface area is 145 Å². The van der Waals surface area contributed by atoms with E-state index in [1.165, 1.54) is 0 Å². The van der Waals surface area contributed by atoms with Crippen LogP contribution in [-0.2, 0) is 11.3 Å². The van der Waals surface area contributed by atoms with Gasteiger partial charge in [-0.3, -0.25) is 4.79 Å². The number of nitrogens with zero attached hydrogens (tertiary/aromatic N) is 2. The summed E-state index contributed by atoms with van der Waals surface area (Å²) in [6.45, 7) is 0.754. The Kier molecular flexibility index (Phi) is 4.08. The number of fused-ring (bicyclic) bond motifs is 1. The zero-order valence-corrected chi connectivity index (χ0v) is 13.5. The molecule has 0 radical (unpaired) electrons. The molecule has 1 aromatic heterocycles. The molecular weight excluding hydrogens is 318 g/mol. The van der Waals surface area contributed by atoms with Crippen molar-refractivity contribution in [1.82, 2.24) is 9.78 Å². The lowest BCUT2D eigenvalue weighted by molar-refractivity contribution is -0.125. The van der Waals surface area contributed by atoms with E-state index in [1.54, 1.807) is 23.0 Å². The number of anilines is 1. The van der Waals surface area contributed by atoms with Crippen LogP contribution in [0.2, 0.25) is 0 Å². The van der Waals surface area contributed by atoms with Crippen LogP contribution in [0, 0.1) is 0 Å². The summed E-state index contributed by atoms with van der Waals surface area (Å²) in [5, 5.41) is 7.14. The lowest BCUT2D eigenvalue weighted by atomic mass is 10.2. The quantitative estimate of drug-likeness (QED) is 0.796. The minimum atomic E-state index is -0.699. The first-order valence-corrected chi connectivity index (χ1v) is 8.05. The lowest BCUT2D eigenvalue weighted by Crippen LogP contribution is -2.40. The molecule has 1 aliphatic heterocycles. The Hall–Kier alpha value is -3.28. The summed E-state index contributed by atoms with van der Waals surface area (Å²) in [4.78, 5) is 12.5. The summed E-state index contributed by atoms with van der Waals surface area (Å²) in [5.41, 5.74) is 1.10. The number of rotatable bonds is 4. The molecule has 1 aliphatic rings. The molecule has 0 aliphatic carbocycles.